The zero-order valence-corrected chi connectivity index (χ0v) is 40.4. The van der Waals surface area contributed by atoms with Gasteiger partial charge in [-0.3, -0.25) is 14.4 Å². The van der Waals surface area contributed by atoms with Crippen LogP contribution in [0.1, 0.15) is 233 Å². The first-order chi connectivity index (χ1) is 30.5. The van der Waals surface area contributed by atoms with Crippen LogP contribution >= 0.6 is 0 Å². The van der Waals surface area contributed by atoms with Crippen LogP contribution in [-0.2, 0) is 28.6 Å². The molecule has 1 atom stereocenters. The first-order valence-electron chi connectivity index (χ1n) is 25.6. The average Bonchev–Trinajstić information content (AvgIpc) is 3.27. The Morgan fingerprint density at radius 1 is 0.323 bits per heavy atom. The van der Waals surface area contributed by atoms with Crippen LogP contribution in [-0.4, -0.2) is 37.2 Å². The summed E-state index contributed by atoms with van der Waals surface area (Å²) in [4.78, 5) is 37.9. The zero-order valence-electron chi connectivity index (χ0n) is 40.4. The number of esters is 3. The Morgan fingerprint density at radius 2 is 0.597 bits per heavy atom. The van der Waals surface area contributed by atoms with Crippen LogP contribution in [0.2, 0.25) is 0 Å². The highest BCUT2D eigenvalue weighted by atomic mass is 16.6. The van der Waals surface area contributed by atoms with Gasteiger partial charge >= 0.3 is 17.9 Å². The number of carbonyl (C=O) groups is 3. The molecule has 0 aromatic carbocycles. The maximum absolute atomic E-state index is 12.8. The number of hydrogen-bond donors (Lipinski definition) is 0. The second-order valence-electron chi connectivity index (χ2n) is 16.7. The molecule has 0 spiro atoms. The molecular weight excluding hydrogens is 769 g/mol. The molecule has 0 N–H and O–H groups in total. The van der Waals surface area contributed by atoms with Gasteiger partial charge in [-0.2, -0.15) is 0 Å². The SMILES string of the molecule is CCCCC/C=C\C/C=C\C/C=C\C/C=C\CCCC(=O)OCC(COC(=O)CCCCCCCCCCCC)OC(=O)CCC/C=C\C/C=C\C/C=C\CCCCCCCC. The van der Waals surface area contributed by atoms with Gasteiger partial charge in [0.1, 0.15) is 13.2 Å². The minimum absolute atomic E-state index is 0.113. The number of hydrogen-bond acceptors (Lipinski definition) is 6. The predicted molar refractivity (Wildman–Crippen MR) is 265 cm³/mol. The Bertz CT molecular complexity index is 1220. The van der Waals surface area contributed by atoms with Crippen molar-refractivity contribution in [1.29, 1.82) is 0 Å². The first-order valence-corrected chi connectivity index (χ1v) is 25.6. The van der Waals surface area contributed by atoms with Crippen LogP contribution in [0.4, 0.5) is 0 Å². The van der Waals surface area contributed by atoms with Crippen LogP contribution in [0, 0.1) is 0 Å². The molecule has 1 unspecified atom stereocenters. The number of allylic oxidation sites excluding steroid dienone is 14. The number of unbranched alkanes of at least 4 members (excludes halogenated alkanes) is 20. The van der Waals surface area contributed by atoms with Crippen LogP contribution in [0.15, 0.2) is 85.1 Å². The third-order valence-corrected chi connectivity index (χ3v) is 10.6. The summed E-state index contributed by atoms with van der Waals surface area (Å²) in [7, 11) is 0. The van der Waals surface area contributed by atoms with Crippen molar-refractivity contribution >= 4 is 17.9 Å². The van der Waals surface area contributed by atoms with Crippen molar-refractivity contribution in [3.8, 4) is 0 Å². The molecule has 0 saturated carbocycles. The quantitative estimate of drug-likeness (QED) is 0.0263. The molecular formula is C56H94O6. The van der Waals surface area contributed by atoms with Gasteiger partial charge < -0.3 is 14.2 Å². The first kappa shape index (κ1) is 58.6. The Balaban J connectivity index is 4.53. The standard InChI is InChI=1S/C56H94O6/c1-4-7-10-13-16-19-22-24-26-28-30-32-34-37-40-43-46-49-55(58)61-52-53(51-60-54(57)48-45-42-39-36-21-18-15-12-9-6-3)62-56(59)50-47-44-41-38-35-33-31-29-27-25-23-20-17-14-11-8-5-2/h16,19,24-27,30-33,37-38,40-41,53H,4-15,17-18,20-23,28-29,34-36,39,42-52H2,1-3H3/b19-16-,26-24-,27-25-,32-30-,33-31-,40-37-,41-38-. The molecule has 0 aliphatic heterocycles. The molecule has 0 saturated heterocycles. The van der Waals surface area contributed by atoms with E-state index in [9.17, 15) is 14.4 Å². The van der Waals surface area contributed by atoms with E-state index in [1.807, 2.05) is 0 Å². The van der Waals surface area contributed by atoms with Gasteiger partial charge in [-0.15, -0.1) is 0 Å². The van der Waals surface area contributed by atoms with Crippen LogP contribution in [0.3, 0.4) is 0 Å². The summed E-state index contributed by atoms with van der Waals surface area (Å²) in [5, 5.41) is 0. The lowest BCUT2D eigenvalue weighted by molar-refractivity contribution is -0.167. The smallest absolute Gasteiger partial charge is 0.306 e. The molecule has 0 amide bonds. The Kier molecular flexibility index (Phi) is 47.5. The van der Waals surface area contributed by atoms with Gasteiger partial charge in [-0.1, -0.05) is 209 Å². The molecule has 0 aromatic heterocycles. The summed E-state index contributed by atoms with van der Waals surface area (Å²) in [6.45, 7) is 6.49. The molecule has 0 radical (unpaired) electrons. The third kappa shape index (κ3) is 47.6. The molecule has 0 heterocycles. The molecule has 0 bridgehead atoms. The monoisotopic (exact) mass is 863 g/mol. The highest BCUT2D eigenvalue weighted by Crippen LogP contribution is 2.13. The van der Waals surface area contributed by atoms with Crippen LogP contribution < -0.4 is 0 Å². The molecule has 6 nitrogen and oxygen atoms in total. The van der Waals surface area contributed by atoms with E-state index < -0.39 is 6.10 Å². The molecule has 0 aliphatic rings. The molecule has 0 aromatic rings. The van der Waals surface area contributed by atoms with E-state index in [1.165, 1.54) is 116 Å². The van der Waals surface area contributed by atoms with Crippen molar-refractivity contribution in [1.82, 2.24) is 0 Å². The van der Waals surface area contributed by atoms with Crippen molar-refractivity contribution in [2.24, 2.45) is 0 Å². The summed E-state index contributed by atoms with van der Waals surface area (Å²) in [5.41, 5.74) is 0. The van der Waals surface area contributed by atoms with E-state index in [1.54, 1.807) is 0 Å². The lowest BCUT2D eigenvalue weighted by Crippen LogP contribution is -2.30. The van der Waals surface area contributed by atoms with E-state index >= 15 is 0 Å². The third-order valence-electron chi connectivity index (χ3n) is 10.6. The highest BCUT2D eigenvalue weighted by molar-refractivity contribution is 5.71. The Labute approximate surface area is 382 Å². The van der Waals surface area contributed by atoms with Crippen molar-refractivity contribution in [2.75, 3.05) is 13.2 Å². The summed E-state index contributed by atoms with van der Waals surface area (Å²) >= 11 is 0. The fourth-order valence-electron chi connectivity index (χ4n) is 6.74. The van der Waals surface area contributed by atoms with Gasteiger partial charge in [0.2, 0.25) is 0 Å². The normalized spacial score (nSPS) is 12.8. The van der Waals surface area contributed by atoms with Gasteiger partial charge in [0.15, 0.2) is 6.10 Å². The predicted octanol–water partition coefficient (Wildman–Crippen LogP) is 16.8. The van der Waals surface area contributed by atoms with Gasteiger partial charge in [0, 0.05) is 19.3 Å². The van der Waals surface area contributed by atoms with E-state index in [0.29, 0.717) is 19.3 Å². The fraction of sp³-hybridized carbons (Fsp3) is 0.696. The molecule has 62 heavy (non-hydrogen) atoms. The van der Waals surface area contributed by atoms with Crippen molar-refractivity contribution in [2.45, 2.75) is 239 Å². The Hall–Kier alpha value is -3.41. The molecule has 354 valence electrons. The van der Waals surface area contributed by atoms with Crippen molar-refractivity contribution in [3.05, 3.63) is 85.1 Å². The summed E-state index contributed by atoms with van der Waals surface area (Å²) in [6, 6.07) is 0. The molecule has 0 aliphatic carbocycles. The zero-order chi connectivity index (χ0) is 45.1. The average molecular weight is 863 g/mol. The highest BCUT2D eigenvalue weighted by Gasteiger charge is 2.19. The second kappa shape index (κ2) is 50.2. The number of carbonyl (C=O) groups excluding carboxylic acids is 3. The van der Waals surface area contributed by atoms with Crippen LogP contribution in [0.5, 0.6) is 0 Å². The van der Waals surface area contributed by atoms with Gasteiger partial charge in [0.25, 0.3) is 0 Å². The number of ether oxygens (including phenoxy) is 3. The lowest BCUT2D eigenvalue weighted by atomic mass is 10.1. The molecule has 0 rings (SSSR count). The minimum atomic E-state index is -0.822. The molecule has 6 heteroatoms. The van der Waals surface area contributed by atoms with Gasteiger partial charge in [-0.05, 0) is 89.9 Å². The van der Waals surface area contributed by atoms with Gasteiger partial charge in [-0.25, -0.2) is 0 Å². The lowest BCUT2D eigenvalue weighted by Gasteiger charge is -2.18. The summed E-state index contributed by atoms with van der Waals surface area (Å²) in [6.07, 6.45) is 64.4. The van der Waals surface area contributed by atoms with Crippen LogP contribution in [0.25, 0.3) is 0 Å². The maximum atomic E-state index is 12.8. The van der Waals surface area contributed by atoms with E-state index in [0.717, 1.165) is 64.2 Å². The second-order valence-corrected chi connectivity index (χ2v) is 16.7. The topological polar surface area (TPSA) is 78.9 Å². The fourth-order valence-corrected chi connectivity index (χ4v) is 6.74. The summed E-state index contributed by atoms with van der Waals surface area (Å²) < 4.78 is 16.7. The van der Waals surface area contributed by atoms with E-state index in [-0.39, 0.29) is 44.0 Å². The molecule has 0 fully saturated rings. The largest absolute Gasteiger partial charge is 0.462 e. The van der Waals surface area contributed by atoms with E-state index in [2.05, 4.69) is 106 Å². The Morgan fingerprint density at radius 3 is 1.00 bits per heavy atom. The maximum Gasteiger partial charge on any atom is 0.306 e. The minimum Gasteiger partial charge on any atom is -0.462 e. The van der Waals surface area contributed by atoms with Crippen molar-refractivity contribution in [3.63, 3.8) is 0 Å². The van der Waals surface area contributed by atoms with Gasteiger partial charge in [0.05, 0.1) is 0 Å². The number of rotatable bonds is 45. The van der Waals surface area contributed by atoms with E-state index in [4.69, 9.17) is 14.2 Å². The van der Waals surface area contributed by atoms with Crippen molar-refractivity contribution < 1.29 is 28.6 Å². The summed E-state index contributed by atoms with van der Waals surface area (Å²) in [5.74, 6) is -1.03.